The van der Waals surface area contributed by atoms with Gasteiger partial charge in [-0.3, -0.25) is 4.90 Å². The lowest BCUT2D eigenvalue weighted by atomic mass is 9.86. The molecule has 2 nitrogen and oxygen atoms in total. The number of hydrogen-bond acceptors (Lipinski definition) is 2. The molecule has 1 aliphatic heterocycles. The summed E-state index contributed by atoms with van der Waals surface area (Å²) in [7, 11) is 0. The van der Waals surface area contributed by atoms with E-state index in [-0.39, 0.29) is 0 Å². The highest BCUT2D eigenvalue weighted by molar-refractivity contribution is 5.04. The molecule has 0 aromatic heterocycles. The molecule has 2 rings (SSSR count). The highest BCUT2D eigenvalue weighted by Gasteiger charge is 2.47. The Kier molecular flexibility index (Phi) is 2.16. The minimum Gasteiger partial charge on any atom is -0.327 e. The molecule has 0 radical (unpaired) electrons. The Morgan fingerprint density at radius 3 is 2.46 bits per heavy atom. The topological polar surface area (TPSA) is 29.3 Å². The second-order valence-electron chi connectivity index (χ2n) is 5.24. The van der Waals surface area contributed by atoms with Crippen LogP contribution in [0.15, 0.2) is 0 Å². The molecule has 0 spiro atoms. The quantitative estimate of drug-likeness (QED) is 0.667. The average Bonchev–Trinajstić information content (AvgIpc) is 2.80. The molecule has 1 heterocycles. The third-order valence-electron chi connectivity index (χ3n) is 4.30. The van der Waals surface area contributed by atoms with Crippen LogP contribution in [-0.2, 0) is 0 Å². The molecule has 1 saturated carbocycles. The maximum Gasteiger partial charge on any atom is 0.0185 e. The molecular weight excluding hydrogens is 160 g/mol. The summed E-state index contributed by atoms with van der Waals surface area (Å²) in [6.45, 7) is 8.25. The monoisotopic (exact) mass is 182 g/mol. The normalized spacial score (nSPS) is 44.8. The summed E-state index contributed by atoms with van der Waals surface area (Å²) in [5, 5.41) is 0. The van der Waals surface area contributed by atoms with Crippen molar-refractivity contribution in [2.45, 2.75) is 57.7 Å². The van der Waals surface area contributed by atoms with E-state index >= 15 is 0 Å². The summed E-state index contributed by atoms with van der Waals surface area (Å²) in [6, 6.07) is 1.10. The molecule has 76 valence electrons. The van der Waals surface area contributed by atoms with Gasteiger partial charge in [0.1, 0.15) is 0 Å². The van der Waals surface area contributed by atoms with Crippen molar-refractivity contribution in [3.63, 3.8) is 0 Å². The highest BCUT2D eigenvalue weighted by atomic mass is 15.3. The Hall–Kier alpha value is -0.0800. The van der Waals surface area contributed by atoms with Crippen molar-refractivity contribution < 1.29 is 0 Å². The number of hydrogen-bond donors (Lipinski definition) is 1. The van der Waals surface area contributed by atoms with E-state index < -0.39 is 0 Å². The van der Waals surface area contributed by atoms with Crippen LogP contribution < -0.4 is 5.73 Å². The van der Waals surface area contributed by atoms with Crippen molar-refractivity contribution in [1.29, 1.82) is 0 Å². The van der Waals surface area contributed by atoms with E-state index in [0.29, 0.717) is 23.5 Å². The smallest absolute Gasteiger partial charge is 0.0185 e. The van der Waals surface area contributed by atoms with Gasteiger partial charge in [-0.05, 0) is 39.0 Å². The van der Waals surface area contributed by atoms with Crippen LogP contribution in [0.5, 0.6) is 0 Å². The van der Waals surface area contributed by atoms with Gasteiger partial charge in [0.05, 0.1) is 0 Å². The molecule has 0 aromatic carbocycles. The van der Waals surface area contributed by atoms with Crippen molar-refractivity contribution in [3.05, 3.63) is 0 Å². The fourth-order valence-electron chi connectivity index (χ4n) is 2.63. The molecule has 1 aliphatic carbocycles. The van der Waals surface area contributed by atoms with Gasteiger partial charge in [0.2, 0.25) is 0 Å². The van der Waals surface area contributed by atoms with Gasteiger partial charge in [-0.15, -0.1) is 0 Å². The molecule has 1 saturated heterocycles. The van der Waals surface area contributed by atoms with Gasteiger partial charge in [0.15, 0.2) is 0 Å². The zero-order valence-corrected chi connectivity index (χ0v) is 9.09. The third-order valence-corrected chi connectivity index (χ3v) is 4.30. The maximum absolute atomic E-state index is 6.07. The second-order valence-corrected chi connectivity index (χ2v) is 5.24. The van der Waals surface area contributed by atoms with Crippen LogP contribution in [0, 0.1) is 5.92 Å². The van der Waals surface area contributed by atoms with Gasteiger partial charge in [-0.25, -0.2) is 0 Å². The molecule has 0 amide bonds. The number of nitrogens with two attached hydrogens (primary N) is 1. The fourth-order valence-corrected chi connectivity index (χ4v) is 2.63. The predicted molar refractivity (Wildman–Crippen MR) is 55.6 cm³/mol. The lowest BCUT2D eigenvalue weighted by Gasteiger charge is -2.45. The maximum atomic E-state index is 6.07. The van der Waals surface area contributed by atoms with Crippen molar-refractivity contribution in [1.82, 2.24) is 4.90 Å². The van der Waals surface area contributed by atoms with Crippen LogP contribution in [0.2, 0.25) is 0 Å². The lowest BCUT2D eigenvalue weighted by Crippen LogP contribution is -2.55. The van der Waals surface area contributed by atoms with Gasteiger partial charge in [-0.1, -0.05) is 6.92 Å². The van der Waals surface area contributed by atoms with Gasteiger partial charge in [0, 0.05) is 24.2 Å². The molecule has 0 bridgehead atoms. The zero-order valence-electron chi connectivity index (χ0n) is 9.09. The van der Waals surface area contributed by atoms with Crippen LogP contribution >= 0.6 is 0 Å². The first kappa shape index (κ1) is 9.47. The Bertz CT molecular complexity index is 198. The minimum atomic E-state index is 0.425. The van der Waals surface area contributed by atoms with Crippen molar-refractivity contribution in [2.24, 2.45) is 11.7 Å². The molecule has 2 aliphatic rings. The summed E-state index contributed by atoms with van der Waals surface area (Å²) < 4.78 is 0. The SMILES string of the molecule is CC1C(N)CCN(C2(C)CC2)C1C. The highest BCUT2D eigenvalue weighted by Crippen LogP contribution is 2.44. The second kappa shape index (κ2) is 2.96. The van der Waals surface area contributed by atoms with E-state index in [0.717, 1.165) is 0 Å². The molecule has 0 aromatic rings. The Morgan fingerprint density at radius 1 is 1.31 bits per heavy atom. The van der Waals surface area contributed by atoms with E-state index in [1.54, 1.807) is 0 Å². The van der Waals surface area contributed by atoms with Crippen LogP contribution in [0.4, 0.5) is 0 Å². The van der Waals surface area contributed by atoms with Crippen LogP contribution in [0.1, 0.15) is 40.0 Å². The first-order chi connectivity index (χ1) is 6.04. The van der Waals surface area contributed by atoms with E-state index in [2.05, 4.69) is 25.7 Å². The summed E-state index contributed by atoms with van der Waals surface area (Å²) in [4.78, 5) is 2.68. The van der Waals surface area contributed by atoms with Gasteiger partial charge >= 0.3 is 0 Å². The first-order valence-electron chi connectivity index (χ1n) is 5.57. The van der Waals surface area contributed by atoms with Crippen molar-refractivity contribution in [3.8, 4) is 0 Å². The summed E-state index contributed by atoms with van der Waals surface area (Å²) in [5.41, 5.74) is 6.60. The van der Waals surface area contributed by atoms with Crippen LogP contribution in [-0.4, -0.2) is 29.1 Å². The van der Waals surface area contributed by atoms with Gasteiger partial charge in [0.25, 0.3) is 0 Å². The summed E-state index contributed by atoms with van der Waals surface area (Å²) >= 11 is 0. The van der Waals surface area contributed by atoms with Gasteiger partial charge in [-0.2, -0.15) is 0 Å². The Labute approximate surface area is 81.5 Å². The van der Waals surface area contributed by atoms with E-state index in [4.69, 9.17) is 5.73 Å². The summed E-state index contributed by atoms with van der Waals surface area (Å²) in [5.74, 6) is 0.658. The molecule has 2 fully saturated rings. The largest absolute Gasteiger partial charge is 0.327 e. The van der Waals surface area contributed by atoms with E-state index in [1.165, 1.54) is 25.8 Å². The summed E-state index contributed by atoms with van der Waals surface area (Å²) in [6.07, 6.45) is 3.96. The number of piperidine rings is 1. The Morgan fingerprint density at radius 2 is 1.92 bits per heavy atom. The molecule has 2 heteroatoms. The molecule has 2 N–H and O–H groups in total. The minimum absolute atomic E-state index is 0.425. The third kappa shape index (κ3) is 1.50. The van der Waals surface area contributed by atoms with Gasteiger partial charge < -0.3 is 5.73 Å². The number of likely N-dealkylation sites (tertiary alicyclic amines) is 1. The zero-order chi connectivity index (χ0) is 9.64. The Balaban J connectivity index is 2.06. The fraction of sp³-hybridized carbons (Fsp3) is 1.00. The molecule has 13 heavy (non-hydrogen) atoms. The molecule has 3 unspecified atom stereocenters. The standard InChI is InChI=1S/C11H22N2/c1-8-9(2)13(7-4-10(8)12)11(3)5-6-11/h8-10H,4-7,12H2,1-3H3. The molecular formula is C11H22N2. The van der Waals surface area contributed by atoms with Crippen LogP contribution in [0.25, 0.3) is 0 Å². The molecule has 3 atom stereocenters. The van der Waals surface area contributed by atoms with Crippen molar-refractivity contribution >= 4 is 0 Å². The number of rotatable bonds is 1. The van der Waals surface area contributed by atoms with E-state index in [9.17, 15) is 0 Å². The predicted octanol–water partition coefficient (Wildman–Crippen LogP) is 1.60. The first-order valence-corrected chi connectivity index (χ1v) is 5.57. The van der Waals surface area contributed by atoms with Crippen molar-refractivity contribution in [2.75, 3.05) is 6.54 Å². The van der Waals surface area contributed by atoms with E-state index in [1.807, 2.05) is 0 Å². The average molecular weight is 182 g/mol. The van der Waals surface area contributed by atoms with Crippen LogP contribution in [0.3, 0.4) is 0 Å². The number of nitrogens with zero attached hydrogens (tertiary/aromatic N) is 1. The lowest BCUT2D eigenvalue weighted by molar-refractivity contribution is 0.0517.